The van der Waals surface area contributed by atoms with Crippen molar-refractivity contribution in [2.75, 3.05) is 76.8 Å². The fraction of sp³-hybridized carbons (Fsp3) is 0.986. The first kappa shape index (κ1) is 84.5. The van der Waals surface area contributed by atoms with Crippen molar-refractivity contribution in [3.8, 4) is 0 Å². The zero-order valence-corrected chi connectivity index (χ0v) is 66.5. The third-order valence-corrected chi connectivity index (χ3v) is 25.2. The smallest absolute Gasteiger partial charge is 0.214 e. The second-order valence-corrected chi connectivity index (χ2v) is 45.1. The van der Waals surface area contributed by atoms with Crippen molar-refractivity contribution < 1.29 is 25.9 Å². The number of sulfone groups is 1. The number of sulfonamides is 1. The molecule has 0 saturated carbocycles. The Labute approximate surface area is 542 Å². The monoisotopic (exact) mass is 1290 g/mol. The number of nitrogens with zero attached hydrogens (tertiary/aromatic N) is 7. The van der Waals surface area contributed by atoms with E-state index in [9.17, 15) is 21.0 Å². The van der Waals surface area contributed by atoms with E-state index in [0.717, 1.165) is 39.6 Å². The van der Waals surface area contributed by atoms with Crippen LogP contribution in [-0.4, -0.2) is 193 Å². The molecule has 0 spiro atoms. The minimum absolute atomic E-state index is 0.0559. The number of hydrogen-bond acceptors (Lipinski definition) is 13. The molecule has 6 aliphatic heterocycles. The van der Waals surface area contributed by atoms with Crippen LogP contribution >= 0.6 is 0 Å². The Morgan fingerprint density at radius 3 is 1.06 bits per heavy atom. The number of hydrogen-bond donors (Lipinski definition) is 2. The first-order chi connectivity index (χ1) is 38.0. The zero-order valence-electron chi connectivity index (χ0n) is 64.0. The largest absolute Gasteiger partial charge is 0.301 e. The number of nitrogens with one attached hydrogen (secondary N) is 2. The predicted molar refractivity (Wildman–Crippen MR) is 379 cm³/mol. The lowest BCUT2D eigenvalue weighted by Gasteiger charge is -2.45. The lowest BCUT2D eigenvalue weighted by atomic mass is 9.78. The second-order valence-electron chi connectivity index (χ2n) is 38.8. The Hall–Kier alpha value is -0.480. The van der Waals surface area contributed by atoms with Crippen LogP contribution < -0.4 is 10.6 Å². The Morgan fingerprint density at radius 1 is 0.391 bits per heavy atom. The maximum atomic E-state index is 12.4. The molecule has 2 N–H and O–H groups in total. The summed E-state index contributed by atoms with van der Waals surface area (Å²) in [4.78, 5) is 15.1. The summed E-state index contributed by atoms with van der Waals surface area (Å²) in [5.74, 6) is 5.95. The Kier molecular flexibility index (Phi) is 28.8. The first-order valence-electron chi connectivity index (χ1n) is 33.2. The van der Waals surface area contributed by atoms with Crippen LogP contribution in [0, 0.1) is 38.9 Å². The van der Waals surface area contributed by atoms with Crippen molar-refractivity contribution in [2.24, 2.45) is 38.9 Å². The van der Waals surface area contributed by atoms with Crippen LogP contribution in [0.1, 0.15) is 269 Å². The van der Waals surface area contributed by atoms with Crippen molar-refractivity contribution in [1.29, 1.82) is 0 Å². The molecular weight excluding hydrogens is 1150 g/mol. The van der Waals surface area contributed by atoms with Gasteiger partial charge >= 0.3 is 0 Å². The Bertz CT molecular complexity index is 2240. The lowest BCUT2D eigenvalue weighted by Crippen LogP contribution is -2.57. The summed E-state index contributed by atoms with van der Waals surface area (Å²) >= 11 is 0. The number of rotatable bonds is 0. The molecule has 0 aromatic rings. The molecule has 0 aromatic carbocycles. The predicted octanol–water partition coefficient (Wildman–Crippen LogP) is 13.7. The molecule has 0 aromatic heterocycles. The van der Waals surface area contributed by atoms with E-state index >= 15 is 0 Å². The van der Waals surface area contributed by atoms with Crippen molar-refractivity contribution in [3.63, 3.8) is 0 Å². The maximum Gasteiger partial charge on any atom is 0.214 e. The van der Waals surface area contributed by atoms with Crippen LogP contribution in [0.4, 0.5) is 0 Å². The highest BCUT2D eigenvalue weighted by molar-refractivity contribution is 7.98. The van der Waals surface area contributed by atoms with Crippen LogP contribution in [0.5, 0.6) is 0 Å². The highest BCUT2D eigenvalue weighted by Gasteiger charge is 2.47. The average molecular weight is 1300 g/mol. The van der Waals surface area contributed by atoms with E-state index in [2.05, 4.69) is 249 Å². The van der Waals surface area contributed by atoms with Gasteiger partial charge in [0.1, 0.15) is 5.88 Å². The van der Waals surface area contributed by atoms with Crippen molar-refractivity contribution in [3.05, 3.63) is 0 Å². The third-order valence-electron chi connectivity index (χ3n) is 18.4. The van der Waals surface area contributed by atoms with E-state index in [1.165, 1.54) is 25.9 Å². The van der Waals surface area contributed by atoms with Gasteiger partial charge in [0.25, 0.3) is 0 Å². The fourth-order valence-corrected chi connectivity index (χ4v) is 19.0. The van der Waals surface area contributed by atoms with Crippen molar-refractivity contribution in [1.82, 2.24) is 43.9 Å². The van der Waals surface area contributed by atoms with Gasteiger partial charge in [-0.15, -0.1) is 0 Å². The highest BCUT2D eigenvalue weighted by atomic mass is 32.2. The number of hydroxylamine groups is 2. The minimum Gasteiger partial charge on any atom is -0.301 e. The summed E-state index contributed by atoms with van der Waals surface area (Å²) in [6, 6.07) is 1.30. The maximum absolute atomic E-state index is 12.4. The third kappa shape index (κ3) is 27.8. The first-order valence-corrected chi connectivity index (χ1v) is 38.4. The summed E-state index contributed by atoms with van der Waals surface area (Å²) in [6.07, 6.45) is 3.49. The summed E-state index contributed by atoms with van der Waals surface area (Å²) < 4.78 is 64.5. The highest BCUT2D eigenvalue weighted by Crippen LogP contribution is 2.39. The molecular formula is C69H147N9O6S3. The van der Waals surface area contributed by atoms with Gasteiger partial charge in [0, 0.05) is 107 Å². The quantitative estimate of drug-likeness (QED) is 0.223. The molecule has 522 valence electrons. The van der Waals surface area contributed by atoms with Crippen molar-refractivity contribution in [2.45, 2.75) is 325 Å². The van der Waals surface area contributed by atoms with Gasteiger partial charge in [-0.25, -0.2) is 21.1 Å². The van der Waals surface area contributed by atoms with Crippen LogP contribution in [0.15, 0.2) is 0 Å². The SMILES string of the molecule is C=S1(=O)CN(C(C)(C)C)CN1C(C)(C)C.CC(C)(C)C1CCN(C(C)(C)C)CN1.CC(C)(C)C1CCN(C(C)(C)C)OC1.CC(C)(C)C1CCN(C(C)(C)C)S(=O)(=O)C1.CC(C)(C)C1CN(C(C)(C)C)CN1.CC(C)(C)C1CN(C(C)(C)C)CS1(=O)=O. The molecule has 15 nitrogen and oxygen atoms in total. The molecule has 6 atom stereocenters. The Morgan fingerprint density at radius 2 is 0.805 bits per heavy atom. The summed E-state index contributed by atoms with van der Waals surface area (Å²) in [5.41, 5.74) is 1.42. The molecule has 0 bridgehead atoms. The van der Waals surface area contributed by atoms with E-state index in [4.69, 9.17) is 4.84 Å². The van der Waals surface area contributed by atoms with Gasteiger partial charge in [-0.1, -0.05) is 104 Å². The molecule has 0 radical (unpaired) electrons. The molecule has 0 amide bonds. The zero-order chi connectivity index (χ0) is 69.2. The lowest BCUT2D eigenvalue weighted by molar-refractivity contribution is -0.249. The normalized spacial score (nSPS) is 27.9. The second kappa shape index (κ2) is 29.7. The minimum atomic E-state index is -3.08. The van der Waals surface area contributed by atoms with Gasteiger partial charge in [0.15, 0.2) is 9.84 Å². The van der Waals surface area contributed by atoms with Gasteiger partial charge in [0.05, 0.1) is 30.2 Å². The van der Waals surface area contributed by atoms with Gasteiger partial charge < -0.3 is 5.32 Å². The van der Waals surface area contributed by atoms with Crippen LogP contribution in [0.3, 0.4) is 0 Å². The van der Waals surface area contributed by atoms with Gasteiger partial charge in [-0.05, 0) is 209 Å². The van der Waals surface area contributed by atoms with E-state index in [-0.39, 0.29) is 55.6 Å². The van der Waals surface area contributed by atoms with Gasteiger partial charge in [-0.3, -0.25) is 34.0 Å². The standard InChI is InChI=1S/C12H26N2.C12H25NO2S.C12H25NO.C11H24N2OS.C11H24N2.C11H23NO2S/c1-11(2,3)10-7-8-14(9-13-10)12(4,5)6;1-11(2,3)10-7-8-13(12(4,5)6)16(14,15)9-10;1-11(2,3)10-7-8-13(14-9-10)12(4,5)6;1-10(2,3)12-8-13(11(4,5)6)15(7,14)9-12;1-10(2,3)9-7-13(8-12-9)11(4,5)6;1-10(2,3)9-7-12(11(4,5)6)8-15(9,13)14/h10,13H,7-9H2,1-6H3;10H,7-9H2,1-6H3;10H,7-9H2,1-6H3;7-9H2,1-6H3;9,12H,7-8H2,1-6H3;9H,7-8H2,1-6H3. The van der Waals surface area contributed by atoms with E-state index in [1.807, 2.05) is 45.8 Å². The van der Waals surface area contributed by atoms with Crippen LogP contribution in [-0.2, 0) is 34.4 Å². The molecule has 0 aliphatic carbocycles. The van der Waals surface area contributed by atoms with Crippen LogP contribution in [0.25, 0.3) is 0 Å². The summed E-state index contributed by atoms with van der Waals surface area (Å²) in [5, 5.41) is 9.11. The summed E-state index contributed by atoms with van der Waals surface area (Å²) in [7, 11) is -8.15. The summed E-state index contributed by atoms with van der Waals surface area (Å²) in [6.45, 7) is 86.7. The van der Waals surface area contributed by atoms with E-state index in [0.29, 0.717) is 70.0 Å². The van der Waals surface area contributed by atoms with Gasteiger partial charge in [0.2, 0.25) is 10.0 Å². The molecule has 6 fully saturated rings. The van der Waals surface area contributed by atoms with E-state index in [1.54, 1.807) is 4.31 Å². The van der Waals surface area contributed by atoms with Crippen molar-refractivity contribution >= 4 is 35.4 Å². The molecule has 6 rings (SSSR count). The average Bonchev–Trinajstić information content (AvgIpc) is 1.93. The topological polar surface area (TPSA) is 141 Å². The molecule has 87 heavy (non-hydrogen) atoms. The molecule has 6 aliphatic rings. The molecule has 6 unspecified atom stereocenters. The molecule has 6 saturated heterocycles. The molecule has 6 heterocycles. The Balaban J connectivity index is 0.000000523. The van der Waals surface area contributed by atoms with Crippen LogP contribution in [0.2, 0.25) is 0 Å². The van der Waals surface area contributed by atoms with E-state index < -0.39 is 29.6 Å². The fourth-order valence-electron chi connectivity index (χ4n) is 11.4. The molecule has 18 heteroatoms. The van der Waals surface area contributed by atoms with Gasteiger partial charge in [-0.2, -0.15) is 9.37 Å².